The van der Waals surface area contributed by atoms with Crippen LogP contribution >= 0.6 is 0 Å². The first-order valence-electron chi connectivity index (χ1n) is 11.6. The number of aliphatic hydroxyl groups is 1. The van der Waals surface area contributed by atoms with Crippen LogP contribution in [0.25, 0.3) is 10.9 Å². The highest BCUT2D eigenvalue weighted by Gasteiger charge is 2.22. The Morgan fingerprint density at radius 1 is 1.18 bits per heavy atom. The number of carbonyl (C=O) groups is 1. The lowest BCUT2D eigenvalue weighted by Gasteiger charge is -2.29. The van der Waals surface area contributed by atoms with Crippen LogP contribution in [0.4, 0.5) is 10.5 Å². The number of ether oxygens (including phenoxy) is 2. The van der Waals surface area contributed by atoms with Crippen LogP contribution in [-0.4, -0.2) is 47.4 Å². The number of rotatable bonds is 12. The lowest BCUT2D eigenvalue weighted by atomic mass is 10.1. The number of aromatic nitrogens is 1. The second kappa shape index (κ2) is 12.2. The molecule has 0 saturated carbocycles. The number of H-pyrrole nitrogens is 1. The molecule has 7 heteroatoms. The van der Waals surface area contributed by atoms with Gasteiger partial charge in [-0.15, -0.1) is 0 Å². The molecule has 3 rings (SSSR count). The van der Waals surface area contributed by atoms with E-state index in [1.54, 1.807) is 30.2 Å². The Hall–Kier alpha value is -3.19. The Labute approximate surface area is 195 Å². The molecular formula is C26H35N3O4. The monoisotopic (exact) mass is 453 g/mol. The zero-order valence-electron chi connectivity index (χ0n) is 19.8. The Kier molecular flexibility index (Phi) is 9.01. The van der Waals surface area contributed by atoms with E-state index in [0.29, 0.717) is 36.8 Å². The molecule has 1 heterocycles. The summed E-state index contributed by atoms with van der Waals surface area (Å²) in [6, 6.07) is 13.1. The SMILES string of the molecule is CCCCCOc1cc(NC(=O)N(Cc2cccc3[nH]ccc23)[C@H](C)CCO)ccc1OC. The minimum atomic E-state index is -0.231. The van der Waals surface area contributed by atoms with Gasteiger partial charge >= 0.3 is 6.03 Å². The van der Waals surface area contributed by atoms with Crippen molar-refractivity contribution in [1.82, 2.24) is 9.88 Å². The Bertz CT molecular complexity index is 1030. The molecule has 0 unspecified atom stereocenters. The number of fused-ring (bicyclic) bond motifs is 1. The highest BCUT2D eigenvalue weighted by molar-refractivity contribution is 5.90. The van der Waals surface area contributed by atoms with Gasteiger partial charge in [-0.3, -0.25) is 0 Å². The molecule has 0 bridgehead atoms. The van der Waals surface area contributed by atoms with Crippen molar-refractivity contribution in [2.75, 3.05) is 25.6 Å². The molecule has 2 aromatic carbocycles. The zero-order valence-corrected chi connectivity index (χ0v) is 19.8. The third kappa shape index (κ3) is 6.42. The first kappa shape index (κ1) is 24.5. The summed E-state index contributed by atoms with van der Waals surface area (Å²) in [6.07, 6.45) is 5.58. The van der Waals surface area contributed by atoms with Gasteiger partial charge in [-0.05, 0) is 49.6 Å². The predicted molar refractivity (Wildman–Crippen MR) is 132 cm³/mol. The second-order valence-corrected chi connectivity index (χ2v) is 8.20. The molecule has 0 spiro atoms. The summed E-state index contributed by atoms with van der Waals surface area (Å²) in [5, 5.41) is 13.6. The minimum absolute atomic E-state index is 0.0115. The third-order valence-electron chi connectivity index (χ3n) is 5.79. The van der Waals surface area contributed by atoms with Crippen molar-refractivity contribution in [3.05, 3.63) is 54.2 Å². The van der Waals surface area contributed by atoms with Crippen molar-refractivity contribution in [3.63, 3.8) is 0 Å². The number of aliphatic hydroxyl groups excluding tert-OH is 1. The van der Waals surface area contributed by atoms with Crippen molar-refractivity contribution >= 4 is 22.6 Å². The number of amides is 2. The van der Waals surface area contributed by atoms with E-state index in [1.807, 2.05) is 37.4 Å². The number of unbranched alkanes of at least 4 members (excludes halogenated alkanes) is 2. The van der Waals surface area contributed by atoms with Gasteiger partial charge in [0.1, 0.15) is 0 Å². The van der Waals surface area contributed by atoms with Gasteiger partial charge in [0.25, 0.3) is 0 Å². The Morgan fingerprint density at radius 3 is 2.79 bits per heavy atom. The van der Waals surface area contributed by atoms with Gasteiger partial charge in [0.15, 0.2) is 11.5 Å². The molecule has 178 valence electrons. The van der Waals surface area contributed by atoms with Crippen LogP contribution in [0, 0.1) is 0 Å². The van der Waals surface area contributed by atoms with Gasteiger partial charge in [0.05, 0.1) is 13.7 Å². The fourth-order valence-electron chi connectivity index (χ4n) is 3.84. The van der Waals surface area contributed by atoms with E-state index in [-0.39, 0.29) is 18.7 Å². The molecule has 2 amide bonds. The fraction of sp³-hybridized carbons (Fsp3) is 0.423. The number of benzene rings is 2. The molecular weight excluding hydrogens is 418 g/mol. The fourth-order valence-corrected chi connectivity index (χ4v) is 3.84. The van der Waals surface area contributed by atoms with Gasteiger partial charge in [-0.1, -0.05) is 31.9 Å². The molecule has 1 aromatic heterocycles. The minimum Gasteiger partial charge on any atom is -0.493 e. The van der Waals surface area contributed by atoms with E-state index >= 15 is 0 Å². The number of anilines is 1. The number of urea groups is 1. The van der Waals surface area contributed by atoms with Crippen LogP contribution in [0.15, 0.2) is 48.7 Å². The van der Waals surface area contributed by atoms with Crippen LogP contribution in [0.5, 0.6) is 11.5 Å². The summed E-state index contributed by atoms with van der Waals surface area (Å²) in [6.45, 7) is 5.14. The van der Waals surface area contributed by atoms with Gasteiger partial charge in [0.2, 0.25) is 0 Å². The quantitative estimate of drug-likeness (QED) is 0.314. The molecule has 3 aromatic rings. The Morgan fingerprint density at radius 2 is 2.03 bits per heavy atom. The topological polar surface area (TPSA) is 86.8 Å². The average Bonchev–Trinajstić information content (AvgIpc) is 3.30. The molecule has 1 atom stereocenters. The van der Waals surface area contributed by atoms with Crippen molar-refractivity contribution in [2.24, 2.45) is 0 Å². The van der Waals surface area contributed by atoms with Crippen LogP contribution in [0.3, 0.4) is 0 Å². The summed E-state index contributed by atoms with van der Waals surface area (Å²) in [5.41, 5.74) is 2.71. The van der Waals surface area contributed by atoms with Crippen molar-refractivity contribution in [2.45, 2.75) is 52.1 Å². The molecule has 0 aliphatic rings. The van der Waals surface area contributed by atoms with Crippen LogP contribution in [0.1, 0.15) is 45.1 Å². The summed E-state index contributed by atoms with van der Waals surface area (Å²) in [4.78, 5) is 18.3. The number of nitrogens with zero attached hydrogens (tertiary/aromatic N) is 1. The summed E-state index contributed by atoms with van der Waals surface area (Å²) in [7, 11) is 1.60. The first-order valence-corrected chi connectivity index (χ1v) is 11.6. The average molecular weight is 454 g/mol. The van der Waals surface area contributed by atoms with Crippen molar-refractivity contribution in [1.29, 1.82) is 0 Å². The number of hydrogen-bond acceptors (Lipinski definition) is 4. The largest absolute Gasteiger partial charge is 0.493 e. The molecule has 0 saturated heterocycles. The highest BCUT2D eigenvalue weighted by Crippen LogP contribution is 2.31. The van der Waals surface area contributed by atoms with Crippen molar-refractivity contribution < 1.29 is 19.4 Å². The summed E-state index contributed by atoms with van der Waals surface area (Å²) < 4.78 is 11.3. The van der Waals surface area contributed by atoms with E-state index in [9.17, 15) is 9.90 Å². The molecule has 3 N–H and O–H groups in total. The maximum atomic E-state index is 13.3. The highest BCUT2D eigenvalue weighted by atomic mass is 16.5. The van der Waals surface area contributed by atoms with Gasteiger partial charge in [-0.2, -0.15) is 0 Å². The van der Waals surface area contributed by atoms with Gasteiger partial charge in [-0.25, -0.2) is 4.79 Å². The lowest BCUT2D eigenvalue weighted by molar-refractivity contribution is 0.170. The number of methoxy groups -OCH3 is 1. The zero-order chi connectivity index (χ0) is 23.6. The van der Waals surface area contributed by atoms with E-state index in [4.69, 9.17) is 9.47 Å². The predicted octanol–water partition coefficient (Wildman–Crippen LogP) is 5.55. The maximum Gasteiger partial charge on any atom is 0.322 e. The smallest absolute Gasteiger partial charge is 0.322 e. The van der Waals surface area contributed by atoms with E-state index in [1.165, 1.54) is 0 Å². The van der Waals surface area contributed by atoms with Crippen molar-refractivity contribution in [3.8, 4) is 11.5 Å². The van der Waals surface area contributed by atoms with Crippen LogP contribution < -0.4 is 14.8 Å². The second-order valence-electron chi connectivity index (χ2n) is 8.20. The number of hydrogen-bond donors (Lipinski definition) is 3. The van der Waals surface area contributed by atoms with E-state index in [0.717, 1.165) is 35.7 Å². The third-order valence-corrected chi connectivity index (χ3v) is 5.79. The molecule has 0 radical (unpaired) electrons. The standard InChI is InChI=1S/C26H35N3O4/c1-4-5-6-16-33-25-17-21(10-11-24(25)32-3)28-26(31)29(19(2)13-15-30)18-20-8-7-9-23-22(20)12-14-27-23/h7-12,14,17,19,27,30H,4-6,13,15-16,18H2,1-3H3,(H,28,31)/t19-/m1/s1. The van der Waals surface area contributed by atoms with E-state index < -0.39 is 0 Å². The van der Waals surface area contributed by atoms with Crippen LogP contribution in [-0.2, 0) is 6.54 Å². The number of aromatic amines is 1. The van der Waals surface area contributed by atoms with E-state index in [2.05, 4.69) is 17.2 Å². The summed E-state index contributed by atoms with van der Waals surface area (Å²) in [5.74, 6) is 1.24. The molecule has 33 heavy (non-hydrogen) atoms. The first-order chi connectivity index (χ1) is 16.1. The summed E-state index contributed by atoms with van der Waals surface area (Å²) >= 11 is 0. The van der Waals surface area contributed by atoms with Gasteiger partial charge < -0.3 is 29.8 Å². The number of carbonyl (C=O) groups excluding carboxylic acids is 1. The van der Waals surface area contributed by atoms with Gasteiger partial charge in [0, 0.05) is 48.0 Å². The lowest BCUT2D eigenvalue weighted by Crippen LogP contribution is -2.41. The number of nitrogens with one attached hydrogen (secondary N) is 2. The maximum absolute atomic E-state index is 13.3. The Balaban J connectivity index is 1.78. The van der Waals surface area contributed by atoms with Crippen LogP contribution in [0.2, 0.25) is 0 Å². The normalized spacial score (nSPS) is 11.9. The molecule has 0 aliphatic heterocycles. The molecule has 7 nitrogen and oxygen atoms in total. The molecule has 0 fully saturated rings. The molecule has 0 aliphatic carbocycles.